The largest absolute Gasteiger partial charge is 0.497 e. The summed E-state index contributed by atoms with van der Waals surface area (Å²) < 4.78 is 5.11. The molecule has 1 saturated heterocycles. The number of nitrogens with two attached hydrogens (primary N) is 1. The van der Waals surface area contributed by atoms with E-state index < -0.39 is 0 Å². The van der Waals surface area contributed by atoms with Crippen LogP contribution in [-0.2, 0) is 16.0 Å². The number of likely N-dealkylation sites (tertiary alicyclic amines) is 1. The molecule has 1 aromatic carbocycles. The maximum absolute atomic E-state index is 12.4. The van der Waals surface area contributed by atoms with Gasteiger partial charge in [0.2, 0.25) is 11.8 Å². The summed E-state index contributed by atoms with van der Waals surface area (Å²) >= 11 is 0. The summed E-state index contributed by atoms with van der Waals surface area (Å²) in [5.74, 6) is 0.704. The number of benzene rings is 1. The molecule has 0 bridgehead atoms. The Labute approximate surface area is 149 Å². The molecular weight excluding hydrogens is 330 g/mol. The van der Waals surface area contributed by atoms with Crippen molar-refractivity contribution in [2.75, 3.05) is 33.3 Å². The number of methoxy groups -OCH3 is 1. The van der Waals surface area contributed by atoms with Gasteiger partial charge in [0.05, 0.1) is 19.4 Å². The number of hydrogen-bond donors (Lipinski definition) is 2. The minimum atomic E-state index is -0.130. The number of hydrogen-bond acceptors (Lipinski definition) is 4. The van der Waals surface area contributed by atoms with Crippen LogP contribution >= 0.6 is 12.4 Å². The maximum atomic E-state index is 12.4. The molecule has 0 aromatic heterocycles. The standard InChI is InChI=1S/C17H25N3O3.ClH/c1-23-15-6-4-13(5-7-15)11-16(21)20-10-2-3-14(12-20)17(22)19-9-8-18;/h4-7,14H,2-3,8-12,18H2,1H3,(H,19,22);1H. The first-order valence-corrected chi connectivity index (χ1v) is 8.02. The number of amides is 2. The Kier molecular flexibility index (Phi) is 8.57. The minimum Gasteiger partial charge on any atom is -0.497 e. The van der Waals surface area contributed by atoms with Crippen molar-refractivity contribution in [3.8, 4) is 5.75 Å². The molecule has 1 heterocycles. The monoisotopic (exact) mass is 355 g/mol. The molecule has 7 heteroatoms. The molecule has 2 amide bonds. The number of nitrogens with one attached hydrogen (secondary N) is 1. The fourth-order valence-corrected chi connectivity index (χ4v) is 2.79. The van der Waals surface area contributed by atoms with Crippen molar-refractivity contribution in [3.63, 3.8) is 0 Å². The zero-order chi connectivity index (χ0) is 16.7. The number of nitrogens with zero attached hydrogens (tertiary/aromatic N) is 1. The van der Waals surface area contributed by atoms with E-state index in [2.05, 4.69) is 5.32 Å². The quantitative estimate of drug-likeness (QED) is 0.796. The summed E-state index contributed by atoms with van der Waals surface area (Å²) in [7, 11) is 1.61. The summed E-state index contributed by atoms with van der Waals surface area (Å²) in [6, 6.07) is 7.49. The lowest BCUT2D eigenvalue weighted by Crippen LogP contribution is -2.46. The van der Waals surface area contributed by atoms with Crippen molar-refractivity contribution in [3.05, 3.63) is 29.8 Å². The van der Waals surface area contributed by atoms with Crippen molar-refractivity contribution in [2.45, 2.75) is 19.3 Å². The number of halogens is 1. The van der Waals surface area contributed by atoms with Gasteiger partial charge in [-0.15, -0.1) is 12.4 Å². The molecule has 1 unspecified atom stereocenters. The van der Waals surface area contributed by atoms with Crippen molar-refractivity contribution in [1.29, 1.82) is 0 Å². The number of ether oxygens (including phenoxy) is 1. The Morgan fingerprint density at radius 1 is 1.33 bits per heavy atom. The van der Waals surface area contributed by atoms with Crippen LogP contribution in [0.5, 0.6) is 5.75 Å². The van der Waals surface area contributed by atoms with Crippen molar-refractivity contribution >= 4 is 24.2 Å². The molecule has 3 N–H and O–H groups in total. The molecule has 1 aliphatic heterocycles. The third kappa shape index (κ3) is 5.69. The topological polar surface area (TPSA) is 84.7 Å². The van der Waals surface area contributed by atoms with E-state index >= 15 is 0 Å². The maximum Gasteiger partial charge on any atom is 0.227 e. The highest BCUT2D eigenvalue weighted by molar-refractivity contribution is 5.85. The van der Waals surface area contributed by atoms with E-state index in [4.69, 9.17) is 10.5 Å². The van der Waals surface area contributed by atoms with Gasteiger partial charge in [-0.05, 0) is 30.5 Å². The first-order chi connectivity index (χ1) is 11.1. The smallest absolute Gasteiger partial charge is 0.227 e. The Bertz CT molecular complexity index is 536. The summed E-state index contributed by atoms with van der Waals surface area (Å²) in [5, 5.41) is 2.81. The number of carbonyl (C=O) groups is 2. The first kappa shape index (κ1) is 20.3. The highest BCUT2D eigenvalue weighted by atomic mass is 35.5. The second kappa shape index (κ2) is 10.2. The van der Waals surface area contributed by atoms with Crippen LogP contribution in [0.15, 0.2) is 24.3 Å². The summed E-state index contributed by atoms with van der Waals surface area (Å²) in [5.41, 5.74) is 6.35. The normalized spacial score (nSPS) is 16.9. The average Bonchev–Trinajstić information content (AvgIpc) is 2.60. The molecular formula is C17H26ClN3O3. The van der Waals surface area contributed by atoms with Gasteiger partial charge in [0.1, 0.15) is 5.75 Å². The third-order valence-electron chi connectivity index (χ3n) is 4.10. The van der Waals surface area contributed by atoms with E-state index in [1.807, 2.05) is 24.3 Å². The van der Waals surface area contributed by atoms with Crippen LogP contribution in [0.25, 0.3) is 0 Å². The molecule has 0 spiro atoms. The van der Waals surface area contributed by atoms with Gasteiger partial charge in [-0.25, -0.2) is 0 Å². The van der Waals surface area contributed by atoms with Crippen LogP contribution in [0.2, 0.25) is 0 Å². The molecule has 134 valence electrons. The van der Waals surface area contributed by atoms with Crippen LogP contribution in [0.3, 0.4) is 0 Å². The van der Waals surface area contributed by atoms with Gasteiger partial charge in [-0.1, -0.05) is 12.1 Å². The van der Waals surface area contributed by atoms with Crippen LogP contribution in [0.4, 0.5) is 0 Å². The van der Waals surface area contributed by atoms with E-state index in [9.17, 15) is 9.59 Å². The SMILES string of the molecule is COc1ccc(CC(=O)N2CCCC(C(=O)NCCN)C2)cc1.Cl. The van der Waals surface area contributed by atoms with E-state index in [0.717, 1.165) is 30.7 Å². The zero-order valence-corrected chi connectivity index (χ0v) is 14.8. The fourth-order valence-electron chi connectivity index (χ4n) is 2.79. The number of carbonyl (C=O) groups excluding carboxylic acids is 2. The fraction of sp³-hybridized carbons (Fsp3) is 0.529. The Morgan fingerprint density at radius 2 is 2.04 bits per heavy atom. The van der Waals surface area contributed by atoms with Gasteiger partial charge in [-0.3, -0.25) is 9.59 Å². The predicted octanol–water partition coefficient (Wildman–Crippen LogP) is 0.973. The van der Waals surface area contributed by atoms with Crippen LogP contribution in [0.1, 0.15) is 18.4 Å². The summed E-state index contributed by atoms with van der Waals surface area (Å²) in [6.07, 6.45) is 2.03. The highest BCUT2D eigenvalue weighted by Gasteiger charge is 2.28. The Balaban J connectivity index is 0.00000288. The molecule has 1 aromatic rings. The Morgan fingerprint density at radius 3 is 2.67 bits per heavy atom. The van der Waals surface area contributed by atoms with E-state index in [1.165, 1.54) is 0 Å². The number of piperidine rings is 1. The first-order valence-electron chi connectivity index (χ1n) is 8.02. The lowest BCUT2D eigenvalue weighted by atomic mass is 9.96. The van der Waals surface area contributed by atoms with Gasteiger partial charge >= 0.3 is 0 Å². The van der Waals surface area contributed by atoms with Gasteiger partial charge in [0, 0.05) is 26.2 Å². The van der Waals surface area contributed by atoms with Gasteiger partial charge in [-0.2, -0.15) is 0 Å². The van der Waals surface area contributed by atoms with Crippen molar-refractivity contribution < 1.29 is 14.3 Å². The second-order valence-electron chi connectivity index (χ2n) is 5.78. The molecule has 1 atom stereocenters. The van der Waals surface area contributed by atoms with Crippen molar-refractivity contribution in [1.82, 2.24) is 10.2 Å². The lowest BCUT2D eigenvalue weighted by molar-refractivity contribution is -0.135. The minimum absolute atomic E-state index is 0. The molecule has 1 fully saturated rings. The van der Waals surface area contributed by atoms with Crippen LogP contribution in [-0.4, -0.2) is 50.0 Å². The van der Waals surface area contributed by atoms with Gasteiger partial charge < -0.3 is 20.7 Å². The molecule has 0 saturated carbocycles. The molecule has 24 heavy (non-hydrogen) atoms. The molecule has 0 radical (unpaired) electrons. The summed E-state index contributed by atoms with van der Waals surface area (Å²) in [4.78, 5) is 26.3. The number of rotatable bonds is 6. The molecule has 1 aliphatic rings. The van der Waals surface area contributed by atoms with Gasteiger partial charge in [0.25, 0.3) is 0 Å². The zero-order valence-electron chi connectivity index (χ0n) is 14.0. The predicted molar refractivity (Wildman–Crippen MR) is 95.3 cm³/mol. The van der Waals surface area contributed by atoms with E-state index in [-0.39, 0.29) is 30.1 Å². The molecule has 0 aliphatic carbocycles. The average molecular weight is 356 g/mol. The molecule has 6 nitrogen and oxygen atoms in total. The van der Waals surface area contributed by atoms with Crippen molar-refractivity contribution in [2.24, 2.45) is 11.7 Å². The van der Waals surface area contributed by atoms with Gasteiger partial charge in [0.15, 0.2) is 0 Å². The Hall–Kier alpha value is -1.79. The van der Waals surface area contributed by atoms with Crippen LogP contribution in [0, 0.1) is 5.92 Å². The highest BCUT2D eigenvalue weighted by Crippen LogP contribution is 2.18. The van der Waals surface area contributed by atoms with E-state index in [0.29, 0.717) is 26.1 Å². The third-order valence-corrected chi connectivity index (χ3v) is 4.10. The van der Waals surface area contributed by atoms with Crippen LogP contribution < -0.4 is 15.8 Å². The second-order valence-corrected chi connectivity index (χ2v) is 5.78. The molecule has 2 rings (SSSR count). The summed E-state index contributed by atoms with van der Waals surface area (Å²) in [6.45, 7) is 2.12. The lowest BCUT2D eigenvalue weighted by Gasteiger charge is -2.32. The van der Waals surface area contributed by atoms with E-state index in [1.54, 1.807) is 12.0 Å².